The van der Waals surface area contributed by atoms with Gasteiger partial charge in [-0.25, -0.2) is 29.1 Å². The van der Waals surface area contributed by atoms with E-state index in [4.69, 9.17) is 33.2 Å². The second-order valence-corrected chi connectivity index (χ2v) is 29.9. The number of esters is 7. The normalized spacial score (nSPS) is 13.2. The van der Waals surface area contributed by atoms with Crippen LogP contribution in [0.2, 0.25) is 0 Å². The zero-order valence-electron chi connectivity index (χ0n) is 59.7. The van der Waals surface area contributed by atoms with E-state index in [-0.39, 0.29) is 58.2 Å². The van der Waals surface area contributed by atoms with Crippen molar-refractivity contribution in [1.29, 1.82) is 0 Å². The first-order valence-electron chi connectivity index (χ1n) is 31.7. The maximum absolute atomic E-state index is 14.1. The minimum absolute atomic E-state index is 0.0136. The molecule has 0 aliphatic heterocycles. The SMILES string of the molecule is CC(C)(C)OC(=O)CC[C@@H](NC(=O)N[C@H](CCC(=O)N[C@@H](CCCCN(Cc1nccn1CC(=O)N(CC(=O)OC(C)(C)C)CC(=O)OC(C)(C)C)Cc1nccn1CC(=O)N(CC(=O)OC(C)(C)C)CC(=O)OC(C)(C)C)C(=O)O)C(=O)OC(C)(C)C)C(=O)OC(C)(C)C. The summed E-state index contributed by atoms with van der Waals surface area (Å²) in [6, 6.07) is -5.37. The standard InChI is InChI=1S/C65H106N10O20/c1-59(2,3)89-50(79)28-26-44(57(87)95-65(19,20)21)70-58(88)69-43(56(86)94-64(16,17)18)25-27-47(76)68-42(55(84)85)24-22-23-31-71(34-45-66-29-32-72(45)36-48(77)74(38-51(80)90-60(4,5)6)39-52(81)91-61(7,8)9)35-46-67-30-33-73(46)37-49(78)75(40-53(82)92-62(10,11)12)41-54(83)93-63(13,14)15/h29-30,32-33,42-44H,22-28,31,34-41H2,1-21H3,(H,68,76)(H,84,85)(H2,69,70,88)/t42-,43+,44+/m0/s1. The Morgan fingerprint density at radius 3 is 1.08 bits per heavy atom. The molecule has 536 valence electrons. The van der Waals surface area contributed by atoms with Crippen LogP contribution in [-0.4, -0.2) is 200 Å². The van der Waals surface area contributed by atoms with E-state index in [1.807, 2.05) is 4.90 Å². The van der Waals surface area contributed by atoms with Gasteiger partial charge in [0.1, 0.15) is 108 Å². The molecule has 0 radical (unpaired) electrons. The second-order valence-electron chi connectivity index (χ2n) is 29.9. The third-order valence-electron chi connectivity index (χ3n) is 12.2. The maximum atomic E-state index is 14.1. The summed E-state index contributed by atoms with van der Waals surface area (Å²) in [5.74, 6) is -8.41. The fraction of sp³-hybridized carbons (Fsp3) is 0.723. The molecule has 95 heavy (non-hydrogen) atoms. The van der Waals surface area contributed by atoms with E-state index in [0.717, 1.165) is 9.80 Å². The molecule has 0 saturated heterocycles. The molecule has 30 heteroatoms. The lowest BCUT2D eigenvalue weighted by molar-refractivity contribution is -0.165. The van der Waals surface area contributed by atoms with Gasteiger partial charge in [-0.2, -0.15) is 0 Å². The molecule has 2 aromatic heterocycles. The molecule has 3 atom stereocenters. The largest absolute Gasteiger partial charge is 0.480 e. The fourth-order valence-corrected chi connectivity index (χ4v) is 8.70. The van der Waals surface area contributed by atoms with Gasteiger partial charge in [-0.1, -0.05) is 0 Å². The fourth-order valence-electron chi connectivity index (χ4n) is 8.70. The van der Waals surface area contributed by atoms with Crippen LogP contribution in [0.1, 0.15) is 202 Å². The summed E-state index contributed by atoms with van der Waals surface area (Å²) in [6.07, 6.45) is 4.87. The van der Waals surface area contributed by atoms with Crippen molar-refractivity contribution in [2.24, 2.45) is 0 Å². The number of urea groups is 1. The van der Waals surface area contributed by atoms with Gasteiger partial charge in [0.15, 0.2) is 0 Å². The Hall–Kier alpha value is -8.18. The number of amides is 5. The number of nitrogens with zero attached hydrogens (tertiary/aromatic N) is 7. The summed E-state index contributed by atoms with van der Waals surface area (Å²) in [7, 11) is 0. The molecule has 0 aliphatic carbocycles. The van der Waals surface area contributed by atoms with Crippen LogP contribution < -0.4 is 16.0 Å². The predicted octanol–water partition coefficient (Wildman–Crippen LogP) is 5.47. The van der Waals surface area contributed by atoms with Crippen LogP contribution in [0.4, 0.5) is 4.79 Å². The molecule has 0 aliphatic rings. The number of carboxylic acid groups (broad SMARTS) is 1. The molecule has 2 rings (SSSR count). The van der Waals surface area contributed by atoms with Crippen molar-refractivity contribution in [3.63, 3.8) is 0 Å². The monoisotopic (exact) mass is 1350 g/mol. The van der Waals surface area contributed by atoms with Crippen molar-refractivity contribution in [2.75, 3.05) is 32.7 Å². The van der Waals surface area contributed by atoms with Gasteiger partial charge in [-0.3, -0.25) is 43.3 Å². The molecule has 2 heterocycles. The van der Waals surface area contributed by atoms with Crippen molar-refractivity contribution in [3.05, 3.63) is 36.4 Å². The van der Waals surface area contributed by atoms with E-state index < -0.39 is 175 Å². The number of ether oxygens (including phenoxy) is 7. The lowest BCUT2D eigenvalue weighted by Crippen LogP contribution is -2.53. The van der Waals surface area contributed by atoms with E-state index in [0.29, 0.717) is 11.6 Å². The topological polar surface area (TPSA) is 371 Å². The van der Waals surface area contributed by atoms with Gasteiger partial charge in [0.2, 0.25) is 17.7 Å². The lowest BCUT2D eigenvalue weighted by atomic mass is 10.1. The van der Waals surface area contributed by atoms with Gasteiger partial charge >= 0.3 is 53.8 Å². The van der Waals surface area contributed by atoms with Gasteiger partial charge in [0, 0.05) is 37.6 Å². The van der Waals surface area contributed by atoms with Crippen LogP contribution in [-0.2, 0) is 112 Å². The van der Waals surface area contributed by atoms with Crippen molar-refractivity contribution >= 4 is 71.5 Å². The molecule has 0 spiro atoms. The Kier molecular flexibility index (Phi) is 31.0. The second kappa shape index (κ2) is 35.5. The molecule has 0 bridgehead atoms. The Bertz CT molecular complexity index is 2780. The molecular formula is C65H106N10O20. The Labute approximate surface area is 558 Å². The van der Waals surface area contributed by atoms with Crippen LogP contribution in [0.5, 0.6) is 0 Å². The molecule has 5 amide bonds. The quantitative estimate of drug-likeness (QED) is 0.0391. The molecule has 2 aromatic rings. The summed E-state index contributed by atoms with van der Waals surface area (Å²) < 4.78 is 41.3. The summed E-state index contributed by atoms with van der Waals surface area (Å²) in [6.45, 7) is 31.5. The number of carbonyl (C=O) groups excluding carboxylic acids is 11. The summed E-state index contributed by atoms with van der Waals surface area (Å²) in [5.41, 5.74) is -6.51. The van der Waals surface area contributed by atoms with Crippen LogP contribution in [0.25, 0.3) is 0 Å². The van der Waals surface area contributed by atoms with Gasteiger partial charge in [0.05, 0.1) is 13.1 Å². The number of hydrogen-bond acceptors (Lipinski definition) is 22. The molecule has 30 nitrogen and oxygen atoms in total. The number of aromatic nitrogens is 4. The van der Waals surface area contributed by atoms with Gasteiger partial charge < -0.3 is 73.1 Å². The highest BCUT2D eigenvalue weighted by atomic mass is 16.6. The van der Waals surface area contributed by atoms with Gasteiger partial charge in [-0.15, -0.1) is 0 Å². The van der Waals surface area contributed by atoms with Crippen LogP contribution in [0.15, 0.2) is 24.8 Å². The predicted molar refractivity (Wildman–Crippen MR) is 344 cm³/mol. The zero-order chi connectivity index (χ0) is 72.8. The average Bonchev–Trinajstić information content (AvgIpc) is 1.79. The number of unbranched alkanes of at least 4 members (excludes halogenated alkanes) is 1. The van der Waals surface area contributed by atoms with E-state index in [1.165, 1.54) is 33.9 Å². The van der Waals surface area contributed by atoms with Crippen LogP contribution >= 0.6 is 0 Å². The Morgan fingerprint density at radius 1 is 0.432 bits per heavy atom. The number of imidazole rings is 2. The molecule has 4 N–H and O–H groups in total. The summed E-state index contributed by atoms with van der Waals surface area (Å²) >= 11 is 0. The Morgan fingerprint density at radius 2 is 0.758 bits per heavy atom. The van der Waals surface area contributed by atoms with Gasteiger partial charge in [0.25, 0.3) is 0 Å². The smallest absolute Gasteiger partial charge is 0.329 e. The lowest BCUT2D eigenvalue weighted by Gasteiger charge is -2.27. The highest BCUT2D eigenvalue weighted by Crippen LogP contribution is 2.19. The summed E-state index contributed by atoms with van der Waals surface area (Å²) in [4.78, 5) is 173. The molecule has 0 unspecified atom stereocenters. The van der Waals surface area contributed by atoms with Crippen LogP contribution in [0.3, 0.4) is 0 Å². The molecule has 0 saturated carbocycles. The highest BCUT2D eigenvalue weighted by Gasteiger charge is 2.34. The zero-order valence-corrected chi connectivity index (χ0v) is 59.7. The third-order valence-corrected chi connectivity index (χ3v) is 12.2. The number of hydrogen-bond donors (Lipinski definition) is 4. The van der Waals surface area contributed by atoms with Crippen molar-refractivity contribution < 1.29 is 95.8 Å². The minimum atomic E-state index is -1.50. The summed E-state index contributed by atoms with van der Waals surface area (Å²) in [5, 5.41) is 17.8. The number of carboxylic acids is 1. The van der Waals surface area contributed by atoms with Gasteiger partial charge in [-0.05, 0) is 184 Å². The third kappa shape index (κ3) is 36.9. The number of nitrogens with one attached hydrogen (secondary N) is 3. The average molecular weight is 1350 g/mol. The first kappa shape index (κ1) is 82.9. The van der Waals surface area contributed by atoms with E-state index in [1.54, 1.807) is 145 Å². The maximum Gasteiger partial charge on any atom is 0.329 e. The molecule has 0 aromatic carbocycles. The molecular weight excluding hydrogens is 1240 g/mol. The van der Waals surface area contributed by atoms with Crippen molar-refractivity contribution in [2.45, 2.75) is 274 Å². The highest BCUT2D eigenvalue weighted by molar-refractivity contribution is 5.90. The number of carbonyl (C=O) groups is 12. The molecule has 0 fully saturated rings. The van der Waals surface area contributed by atoms with E-state index >= 15 is 0 Å². The first-order valence-corrected chi connectivity index (χ1v) is 31.7. The number of aliphatic carboxylic acids is 1. The Balaban J connectivity index is 2.50. The van der Waals surface area contributed by atoms with Crippen molar-refractivity contribution in [1.82, 2.24) is 49.8 Å². The number of rotatable bonds is 33. The van der Waals surface area contributed by atoms with Crippen LogP contribution in [0, 0.1) is 0 Å². The first-order chi connectivity index (χ1) is 43.2. The van der Waals surface area contributed by atoms with E-state index in [2.05, 4.69) is 25.9 Å². The minimum Gasteiger partial charge on any atom is -0.480 e. The van der Waals surface area contributed by atoms with Crippen molar-refractivity contribution in [3.8, 4) is 0 Å². The van der Waals surface area contributed by atoms with E-state index in [9.17, 15) is 62.6 Å².